The van der Waals surface area contributed by atoms with Crippen molar-refractivity contribution in [3.8, 4) is 11.1 Å². The quantitative estimate of drug-likeness (QED) is 0.378. The van der Waals surface area contributed by atoms with Gasteiger partial charge in [0.25, 0.3) is 0 Å². The molecule has 0 amide bonds. The zero-order valence-corrected chi connectivity index (χ0v) is 20.3. The lowest BCUT2D eigenvalue weighted by Crippen LogP contribution is -2.43. The summed E-state index contributed by atoms with van der Waals surface area (Å²) in [6, 6.07) is 19.9. The summed E-state index contributed by atoms with van der Waals surface area (Å²) in [7, 11) is 0. The molecule has 0 unspecified atom stereocenters. The fraction of sp³-hybridized carbons (Fsp3) is 0.500. The SMILES string of the molecule is O=C(O)CC/C=C\CC[C@@H]1[C@@H](OCc2ccc(-c3ccccc3)cc2)CC[C@@H]1N1CCCCC1. The molecule has 1 N–H and O–H groups in total. The van der Waals surface area contributed by atoms with Gasteiger partial charge in [0.1, 0.15) is 0 Å². The predicted molar refractivity (Wildman–Crippen MR) is 138 cm³/mol. The van der Waals surface area contributed by atoms with Gasteiger partial charge in [-0.2, -0.15) is 0 Å². The van der Waals surface area contributed by atoms with Crippen LogP contribution in [-0.2, 0) is 16.1 Å². The number of carboxylic acids is 1. The van der Waals surface area contributed by atoms with Crippen molar-refractivity contribution in [3.05, 3.63) is 72.3 Å². The van der Waals surface area contributed by atoms with Crippen molar-refractivity contribution in [2.75, 3.05) is 13.1 Å². The lowest BCUT2D eigenvalue weighted by Gasteiger charge is -2.37. The van der Waals surface area contributed by atoms with E-state index in [1.54, 1.807) is 0 Å². The normalized spacial score (nSPS) is 23.5. The van der Waals surface area contributed by atoms with Crippen LogP contribution in [0, 0.1) is 5.92 Å². The zero-order valence-electron chi connectivity index (χ0n) is 20.3. The average Bonchev–Trinajstić information content (AvgIpc) is 3.28. The molecule has 1 aliphatic carbocycles. The van der Waals surface area contributed by atoms with E-state index in [-0.39, 0.29) is 6.42 Å². The monoisotopic (exact) mass is 461 g/mol. The minimum absolute atomic E-state index is 0.213. The van der Waals surface area contributed by atoms with Crippen LogP contribution in [0.15, 0.2) is 66.7 Å². The molecule has 2 aromatic carbocycles. The van der Waals surface area contributed by atoms with Crippen molar-refractivity contribution in [3.63, 3.8) is 0 Å². The van der Waals surface area contributed by atoms with Gasteiger partial charge in [0, 0.05) is 18.4 Å². The van der Waals surface area contributed by atoms with Gasteiger partial charge in [-0.05, 0) is 74.7 Å². The lowest BCUT2D eigenvalue weighted by molar-refractivity contribution is -0.136. The van der Waals surface area contributed by atoms with E-state index in [1.165, 1.54) is 55.5 Å². The molecule has 0 spiro atoms. The predicted octanol–water partition coefficient (Wildman–Crippen LogP) is 6.70. The van der Waals surface area contributed by atoms with Crippen molar-refractivity contribution < 1.29 is 14.6 Å². The summed E-state index contributed by atoms with van der Waals surface area (Å²) in [4.78, 5) is 13.4. The summed E-state index contributed by atoms with van der Waals surface area (Å²) in [6.45, 7) is 3.12. The van der Waals surface area contributed by atoms with Gasteiger partial charge in [-0.3, -0.25) is 4.79 Å². The Morgan fingerprint density at radius 1 is 0.912 bits per heavy atom. The van der Waals surface area contributed by atoms with E-state index in [0.29, 0.717) is 31.1 Å². The van der Waals surface area contributed by atoms with Gasteiger partial charge in [0.2, 0.25) is 0 Å². The molecular formula is C30H39NO3. The molecule has 182 valence electrons. The Bertz CT molecular complexity index is 902. The third-order valence-electron chi connectivity index (χ3n) is 7.46. The van der Waals surface area contributed by atoms with Crippen molar-refractivity contribution in [1.29, 1.82) is 0 Å². The molecule has 2 aromatic rings. The zero-order chi connectivity index (χ0) is 23.6. The van der Waals surface area contributed by atoms with Crippen molar-refractivity contribution in [2.24, 2.45) is 5.92 Å². The van der Waals surface area contributed by atoms with Gasteiger partial charge in [0.05, 0.1) is 12.7 Å². The van der Waals surface area contributed by atoms with Crippen LogP contribution in [0.25, 0.3) is 11.1 Å². The van der Waals surface area contributed by atoms with E-state index >= 15 is 0 Å². The van der Waals surface area contributed by atoms with Crippen LogP contribution < -0.4 is 0 Å². The first-order valence-electron chi connectivity index (χ1n) is 13.1. The van der Waals surface area contributed by atoms with E-state index in [0.717, 1.165) is 19.3 Å². The maximum absolute atomic E-state index is 10.7. The number of hydrogen-bond acceptors (Lipinski definition) is 3. The minimum Gasteiger partial charge on any atom is -0.481 e. The molecule has 4 nitrogen and oxygen atoms in total. The van der Waals surface area contributed by atoms with E-state index in [9.17, 15) is 4.79 Å². The van der Waals surface area contributed by atoms with Gasteiger partial charge >= 0.3 is 5.97 Å². The molecule has 1 heterocycles. The second kappa shape index (κ2) is 12.9. The first kappa shape index (κ1) is 24.7. The molecule has 34 heavy (non-hydrogen) atoms. The number of carbonyl (C=O) groups is 1. The number of aliphatic carboxylic acids is 1. The Hall–Kier alpha value is -2.43. The van der Waals surface area contributed by atoms with Crippen LogP contribution in [0.2, 0.25) is 0 Å². The molecule has 2 aliphatic rings. The summed E-state index contributed by atoms with van der Waals surface area (Å²) in [5.41, 5.74) is 3.71. The number of piperidine rings is 1. The number of likely N-dealkylation sites (tertiary alicyclic amines) is 1. The van der Waals surface area contributed by atoms with Crippen LogP contribution >= 0.6 is 0 Å². The smallest absolute Gasteiger partial charge is 0.303 e. The fourth-order valence-corrected chi connectivity index (χ4v) is 5.66. The summed E-state index contributed by atoms with van der Waals surface area (Å²) in [6.07, 6.45) is 13.8. The van der Waals surface area contributed by atoms with Crippen LogP contribution in [0.3, 0.4) is 0 Å². The Balaban J connectivity index is 1.34. The maximum Gasteiger partial charge on any atom is 0.303 e. The first-order chi connectivity index (χ1) is 16.7. The molecule has 0 aromatic heterocycles. The number of rotatable bonds is 11. The number of benzene rings is 2. The van der Waals surface area contributed by atoms with E-state index in [4.69, 9.17) is 9.84 Å². The lowest BCUT2D eigenvalue weighted by atomic mass is 9.93. The molecule has 4 rings (SSSR count). The molecular weight excluding hydrogens is 422 g/mol. The van der Waals surface area contributed by atoms with E-state index in [2.05, 4.69) is 59.5 Å². The number of ether oxygens (including phenoxy) is 1. The van der Waals surface area contributed by atoms with Crippen molar-refractivity contribution in [1.82, 2.24) is 4.90 Å². The largest absolute Gasteiger partial charge is 0.481 e. The molecule has 1 saturated heterocycles. The average molecular weight is 462 g/mol. The Kier molecular flexibility index (Phi) is 9.35. The second-order valence-electron chi connectivity index (χ2n) is 9.80. The van der Waals surface area contributed by atoms with Crippen LogP contribution in [0.4, 0.5) is 0 Å². The first-order valence-corrected chi connectivity index (χ1v) is 13.1. The highest BCUT2D eigenvalue weighted by Gasteiger charge is 2.39. The third-order valence-corrected chi connectivity index (χ3v) is 7.46. The van der Waals surface area contributed by atoms with Gasteiger partial charge in [0.15, 0.2) is 0 Å². The summed E-state index contributed by atoms with van der Waals surface area (Å²) in [5, 5.41) is 8.83. The highest BCUT2D eigenvalue weighted by atomic mass is 16.5. The molecule has 1 saturated carbocycles. The number of nitrogens with zero attached hydrogens (tertiary/aromatic N) is 1. The summed E-state index contributed by atoms with van der Waals surface area (Å²) in [5.74, 6) is -0.179. The van der Waals surface area contributed by atoms with Gasteiger partial charge in [-0.15, -0.1) is 0 Å². The molecule has 1 aliphatic heterocycles. The molecule has 0 bridgehead atoms. The summed E-state index contributed by atoms with van der Waals surface area (Å²) < 4.78 is 6.55. The molecule has 0 radical (unpaired) electrons. The number of allylic oxidation sites excluding steroid dienone is 2. The van der Waals surface area contributed by atoms with Crippen LogP contribution in [0.5, 0.6) is 0 Å². The third kappa shape index (κ3) is 7.04. The van der Waals surface area contributed by atoms with Crippen molar-refractivity contribution in [2.45, 2.75) is 76.5 Å². The van der Waals surface area contributed by atoms with Gasteiger partial charge in [-0.25, -0.2) is 0 Å². The van der Waals surface area contributed by atoms with E-state index < -0.39 is 5.97 Å². The van der Waals surface area contributed by atoms with E-state index in [1.807, 2.05) is 12.1 Å². The Morgan fingerprint density at radius 3 is 2.35 bits per heavy atom. The number of hydrogen-bond donors (Lipinski definition) is 1. The van der Waals surface area contributed by atoms with Crippen LogP contribution in [-0.4, -0.2) is 41.2 Å². The summed E-state index contributed by atoms with van der Waals surface area (Å²) >= 11 is 0. The Morgan fingerprint density at radius 2 is 1.62 bits per heavy atom. The topological polar surface area (TPSA) is 49.8 Å². The maximum atomic E-state index is 10.7. The standard InChI is InChI=1S/C30H39NO3/c32-30(33)14-8-2-1-7-13-27-28(31-21-9-4-10-22-31)19-20-29(27)34-23-24-15-17-26(18-16-24)25-11-5-3-6-12-25/h1-3,5-6,11-12,15-18,27-29H,4,7-10,13-14,19-23H2,(H,32,33)/b2-1-/t27-,28-,29-/m0/s1. The highest BCUT2D eigenvalue weighted by molar-refractivity contribution is 5.66. The fourth-order valence-electron chi connectivity index (χ4n) is 5.66. The highest BCUT2D eigenvalue weighted by Crippen LogP contribution is 2.37. The van der Waals surface area contributed by atoms with Gasteiger partial charge in [-0.1, -0.05) is 73.2 Å². The molecule has 3 atom stereocenters. The minimum atomic E-state index is -0.726. The molecule has 2 fully saturated rings. The van der Waals surface area contributed by atoms with Crippen molar-refractivity contribution >= 4 is 5.97 Å². The Labute approximate surface area is 204 Å². The second-order valence-corrected chi connectivity index (χ2v) is 9.80. The number of carboxylic acid groups (broad SMARTS) is 1. The van der Waals surface area contributed by atoms with Crippen LogP contribution in [0.1, 0.15) is 63.4 Å². The van der Waals surface area contributed by atoms with Gasteiger partial charge < -0.3 is 14.7 Å². The molecule has 4 heteroatoms.